The van der Waals surface area contributed by atoms with Gasteiger partial charge in [-0.15, -0.1) is 4.74 Å². The minimum Gasteiger partial charge on any atom is -0.489 e. The topological polar surface area (TPSA) is 86.5 Å². The van der Waals surface area contributed by atoms with Gasteiger partial charge in [-0.05, 0) is 60.4 Å². The molecule has 7 nitrogen and oxygen atoms in total. The summed E-state index contributed by atoms with van der Waals surface area (Å²) in [5.74, 6) is 1.54. The monoisotopic (exact) mass is 418 g/mol. The van der Waals surface area contributed by atoms with Crippen molar-refractivity contribution >= 4 is 0 Å². The second-order valence-corrected chi connectivity index (χ2v) is 7.25. The summed E-state index contributed by atoms with van der Waals surface area (Å²) in [6.45, 7) is 4.60. The van der Waals surface area contributed by atoms with Gasteiger partial charge in [-0.2, -0.15) is 0 Å². The Morgan fingerprint density at radius 3 is 2.26 bits per heavy atom. The smallest absolute Gasteiger partial charge is 0.440 e. The summed E-state index contributed by atoms with van der Waals surface area (Å²) in [4.78, 5) is 24.6. The zero-order valence-corrected chi connectivity index (χ0v) is 17.3. The first-order valence-electron chi connectivity index (χ1n) is 9.83. The standard InChI is InChI=1S/C24H22N2O5/c1-16-5-3-6-17(2)22(16)30-21-8-4-7-19(13-21)15-29-20-11-9-18(10-12-20)14-26-23(27)25-24(28)31-26/h3-13H,14-15H2,1-2H3,(H,25,27,28). The highest BCUT2D eigenvalue weighted by molar-refractivity contribution is 5.43. The fourth-order valence-corrected chi connectivity index (χ4v) is 3.22. The summed E-state index contributed by atoms with van der Waals surface area (Å²) in [6, 6.07) is 21.1. The van der Waals surface area contributed by atoms with Gasteiger partial charge in [0.1, 0.15) is 23.9 Å². The van der Waals surface area contributed by atoms with Gasteiger partial charge in [-0.25, -0.2) is 14.6 Å². The van der Waals surface area contributed by atoms with Crippen molar-refractivity contribution in [2.45, 2.75) is 27.0 Å². The number of aromatic amines is 1. The third-order valence-corrected chi connectivity index (χ3v) is 4.81. The van der Waals surface area contributed by atoms with Crippen molar-refractivity contribution in [3.8, 4) is 17.2 Å². The van der Waals surface area contributed by atoms with Gasteiger partial charge < -0.3 is 14.0 Å². The summed E-state index contributed by atoms with van der Waals surface area (Å²) in [5.41, 5.74) is 3.38. The molecule has 0 fully saturated rings. The van der Waals surface area contributed by atoms with Gasteiger partial charge in [0.05, 0.1) is 6.54 Å². The van der Waals surface area contributed by atoms with Crippen LogP contribution in [0.3, 0.4) is 0 Å². The van der Waals surface area contributed by atoms with E-state index in [9.17, 15) is 9.59 Å². The highest BCUT2D eigenvalue weighted by atomic mass is 16.5. The number of nitrogens with zero attached hydrogens (tertiary/aromatic N) is 1. The van der Waals surface area contributed by atoms with Crippen molar-refractivity contribution in [3.63, 3.8) is 0 Å². The third-order valence-electron chi connectivity index (χ3n) is 4.81. The maximum Gasteiger partial charge on any atom is 0.440 e. The van der Waals surface area contributed by atoms with E-state index in [0.29, 0.717) is 12.4 Å². The summed E-state index contributed by atoms with van der Waals surface area (Å²) in [5, 5.41) is 0. The van der Waals surface area contributed by atoms with Crippen LogP contribution in [0.4, 0.5) is 0 Å². The molecule has 0 unspecified atom stereocenters. The highest BCUT2D eigenvalue weighted by Gasteiger charge is 2.07. The molecule has 31 heavy (non-hydrogen) atoms. The van der Waals surface area contributed by atoms with Crippen LogP contribution in [0.5, 0.6) is 17.2 Å². The largest absolute Gasteiger partial charge is 0.489 e. The minimum absolute atomic E-state index is 0.162. The molecular formula is C24H22N2O5. The first kappa shape index (κ1) is 20.3. The van der Waals surface area contributed by atoms with E-state index in [1.807, 2.05) is 80.6 Å². The van der Waals surface area contributed by atoms with Crippen molar-refractivity contribution < 1.29 is 14.0 Å². The van der Waals surface area contributed by atoms with Crippen LogP contribution in [0.2, 0.25) is 0 Å². The number of hydrogen-bond donors (Lipinski definition) is 1. The molecule has 0 spiro atoms. The van der Waals surface area contributed by atoms with Crippen LogP contribution >= 0.6 is 0 Å². The Labute approximate surface area is 178 Å². The summed E-state index contributed by atoms with van der Waals surface area (Å²) >= 11 is 0. The molecule has 0 aliphatic rings. The number of rotatable bonds is 7. The van der Waals surface area contributed by atoms with Gasteiger partial charge in [0, 0.05) is 0 Å². The number of para-hydroxylation sites is 1. The van der Waals surface area contributed by atoms with Crippen molar-refractivity contribution in [2.24, 2.45) is 0 Å². The summed E-state index contributed by atoms with van der Waals surface area (Å²) < 4.78 is 17.7. The Balaban J connectivity index is 1.39. The SMILES string of the molecule is Cc1cccc(C)c1Oc1cccc(COc2ccc(Cn3oc(=O)[nH]c3=O)cc2)c1. The van der Waals surface area contributed by atoms with Crippen molar-refractivity contribution in [1.82, 2.24) is 9.72 Å². The Kier molecular flexibility index (Phi) is 5.75. The molecular weight excluding hydrogens is 396 g/mol. The fraction of sp³-hybridized carbons (Fsp3) is 0.167. The van der Waals surface area contributed by atoms with Crippen molar-refractivity contribution in [1.29, 1.82) is 0 Å². The molecule has 1 N–H and O–H groups in total. The first-order valence-corrected chi connectivity index (χ1v) is 9.83. The predicted octanol–water partition coefficient (Wildman–Crippen LogP) is 4.17. The molecule has 0 aliphatic carbocycles. The van der Waals surface area contributed by atoms with Crippen molar-refractivity contribution in [3.05, 3.63) is 110 Å². The van der Waals surface area contributed by atoms with Crippen LogP contribution < -0.4 is 20.9 Å². The van der Waals surface area contributed by atoms with Gasteiger partial charge in [0.2, 0.25) is 0 Å². The number of aryl methyl sites for hydroxylation is 2. The maximum atomic E-state index is 11.5. The van der Waals surface area contributed by atoms with Crippen molar-refractivity contribution in [2.75, 3.05) is 0 Å². The molecule has 0 saturated carbocycles. The minimum atomic E-state index is -0.770. The maximum absolute atomic E-state index is 11.5. The fourth-order valence-electron chi connectivity index (χ4n) is 3.22. The molecule has 0 radical (unpaired) electrons. The molecule has 158 valence electrons. The molecule has 1 heterocycles. The van der Waals surface area contributed by atoms with Crippen LogP contribution in [0.1, 0.15) is 22.3 Å². The number of nitrogens with one attached hydrogen (secondary N) is 1. The number of aromatic nitrogens is 2. The molecule has 3 aromatic carbocycles. The Morgan fingerprint density at radius 1 is 0.871 bits per heavy atom. The predicted molar refractivity (Wildman–Crippen MR) is 116 cm³/mol. The van der Waals surface area contributed by atoms with E-state index >= 15 is 0 Å². The van der Waals surface area contributed by atoms with E-state index < -0.39 is 11.4 Å². The molecule has 0 aliphatic heterocycles. The number of H-pyrrole nitrogens is 1. The lowest BCUT2D eigenvalue weighted by molar-refractivity contribution is 0.258. The first-order chi connectivity index (χ1) is 15.0. The van der Waals surface area contributed by atoms with Gasteiger partial charge in [0.15, 0.2) is 0 Å². The molecule has 0 atom stereocenters. The van der Waals surface area contributed by atoms with Crippen LogP contribution in [0.15, 0.2) is 80.8 Å². The third kappa shape index (κ3) is 4.95. The lowest BCUT2D eigenvalue weighted by Crippen LogP contribution is -2.17. The van der Waals surface area contributed by atoms with Crippen LogP contribution in [0, 0.1) is 13.8 Å². The average Bonchev–Trinajstić information content (AvgIpc) is 3.07. The normalized spacial score (nSPS) is 10.8. The van der Waals surface area contributed by atoms with Gasteiger partial charge in [-0.3, -0.25) is 0 Å². The summed E-state index contributed by atoms with van der Waals surface area (Å²) in [6.07, 6.45) is 0. The van der Waals surface area contributed by atoms with E-state index in [0.717, 1.165) is 38.5 Å². The highest BCUT2D eigenvalue weighted by Crippen LogP contribution is 2.29. The summed E-state index contributed by atoms with van der Waals surface area (Å²) in [7, 11) is 0. The number of benzene rings is 3. The molecule has 1 aromatic heterocycles. The zero-order chi connectivity index (χ0) is 21.8. The molecule has 0 bridgehead atoms. The quantitative estimate of drug-likeness (QED) is 0.487. The van der Waals surface area contributed by atoms with Crippen LogP contribution in [0.25, 0.3) is 0 Å². The number of ether oxygens (including phenoxy) is 2. The Morgan fingerprint density at radius 2 is 1.58 bits per heavy atom. The molecule has 0 amide bonds. The zero-order valence-electron chi connectivity index (χ0n) is 17.3. The van der Waals surface area contributed by atoms with Crippen LogP contribution in [-0.2, 0) is 13.2 Å². The van der Waals surface area contributed by atoms with E-state index in [1.165, 1.54) is 0 Å². The molecule has 4 rings (SSSR count). The van der Waals surface area contributed by atoms with Gasteiger partial charge in [0.25, 0.3) is 0 Å². The van der Waals surface area contributed by atoms with Crippen LogP contribution in [-0.4, -0.2) is 9.72 Å². The van der Waals surface area contributed by atoms with E-state index in [-0.39, 0.29) is 6.54 Å². The van der Waals surface area contributed by atoms with Gasteiger partial charge in [-0.1, -0.05) is 42.5 Å². The van der Waals surface area contributed by atoms with E-state index in [2.05, 4.69) is 4.98 Å². The molecule has 4 aromatic rings. The van der Waals surface area contributed by atoms with E-state index in [4.69, 9.17) is 14.0 Å². The molecule has 7 heteroatoms. The molecule has 0 saturated heterocycles. The Bertz CT molecular complexity index is 1280. The Hall–Kier alpha value is -4.00. The lowest BCUT2D eigenvalue weighted by Gasteiger charge is -2.13. The number of hydrogen-bond acceptors (Lipinski definition) is 5. The lowest BCUT2D eigenvalue weighted by atomic mass is 10.1. The second kappa shape index (κ2) is 8.79. The van der Waals surface area contributed by atoms with Gasteiger partial charge >= 0.3 is 11.4 Å². The van der Waals surface area contributed by atoms with E-state index in [1.54, 1.807) is 0 Å². The average molecular weight is 418 g/mol. The second-order valence-electron chi connectivity index (χ2n) is 7.25.